The quantitative estimate of drug-likeness (QED) is 0.750. The Bertz CT molecular complexity index is 953. The molecule has 4 rings (SSSR count). The van der Waals surface area contributed by atoms with Crippen molar-refractivity contribution in [1.29, 1.82) is 0 Å². The minimum absolute atomic E-state index is 0.112. The lowest BCUT2D eigenvalue weighted by atomic mass is 10.1. The highest BCUT2D eigenvalue weighted by Gasteiger charge is 2.25. The van der Waals surface area contributed by atoms with E-state index in [4.69, 9.17) is 0 Å². The lowest BCUT2D eigenvalue weighted by Crippen LogP contribution is -2.31. The molecular weight excluding hydrogens is 336 g/mol. The van der Waals surface area contributed by atoms with Crippen molar-refractivity contribution in [3.05, 3.63) is 65.9 Å². The van der Waals surface area contributed by atoms with Crippen LogP contribution in [0.3, 0.4) is 0 Å². The first kappa shape index (κ1) is 16.6. The van der Waals surface area contributed by atoms with Gasteiger partial charge in [-0.2, -0.15) is 0 Å². The zero-order chi connectivity index (χ0) is 18.1. The van der Waals surface area contributed by atoms with Crippen molar-refractivity contribution in [2.75, 3.05) is 24.5 Å². The molecule has 1 aliphatic heterocycles. The number of aromatic nitrogens is 1. The van der Waals surface area contributed by atoms with Crippen LogP contribution in [0.5, 0.6) is 0 Å². The summed E-state index contributed by atoms with van der Waals surface area (Å²) in [6, 6.07) is 11.1. The van der Waals surface area contributed by atoms with Gasteiger partial charge in [-0.25, -0.2) is 8.78 Å². The summed E-state index contributed by atoms with van der Waals surface area (Å²) in [4.78, 5) is 17.4. The van der Waals surface area contributed by atoms with E-state index >= 15 is 0 Å². The van der Waals surface area contributed by atoms with Crippen molar-refractivity contribution in [2.24, 2.45) is 5.92 Å². The Kier molecular flexibility index (Phi) is 4.32. The van der Waals surface area contributed by atoms with E-state index in [0.29, 0.717) is 30.9 Å². The van der Waals surface area contributed by atoms with Crippen molar-refractivity contribution in [3.63, 3.8) is 0 Å². The summed E-state index contributed by atoms with van der Waals surface area (Å²) >= 11 is 0. The molecule has 1 aliphatic rings. The highest BCUT2D eigenvalue weighted by atomic mass is 19.1. The summed E-state index contributed by atoms with van der Waals surface area (Å²) in [5.41, 5.74) is 2.03. The van der Waals surface area contributed by atoms with Gasteiger partial charge < -0.3 is 15.2 Å². The molecule has 1 unspecified atom stereocenters. The highest BCUT2D eigenvalue weighted by molar-refractivity contribution is 5.98. The third-order valence-electron chi connectivity index (χ3n) is 4.90. The molecule has 0 spiro atoms. The third kappa shape index (κ3) is 3.27. The molecule has 0 saturated carbocycles. The van der Waals surface area contributed by atoms with Crippen molar-refractivity contribution >= 4 is 22.5 Å². The molecule has 1 aromatic heterocycles. The summed E-state index contributed by atoms with van der Waals surface area (Å²) in [7, 11) is 0. The van der Waals surface area contributed by atoms with Gasteiger partial charge in [-0.1, -0.05) is 0 Å². The number of fused-ring (bicyclic) bond motifs is 1. The molecule has 1 amide bonds. The summed E-state index contributed by atoms with van der Waals surface area (Å²) in [5, 5.41) is 3.96. The first-order valence-corrected chi connectivity index (χ1v) is 8.65. The van der Waals surface area contributed by atoms with Crippen LogP contribution in [0.15, 0.2) is 48.7 Å². The van der Waals surface area contributed by atoms with E-state index in [2.05, 4.69) is 10.3 Å². The predicted octanol–water partition coefficient (Wildman–Crippen LogP) is 3.70. The van der Waals surface area contributed by atoms with Gasteiger partial charge in [-0.15, -0.1) is 0 Å². The van der Waals surface area contributed by atoms with Gasteiger partial charge >= 0.3 is 0 Å². The molecule has 1 fully saturated rings. The molecule has 26 heavy (non-hydrogen) atoms. The Hall–Kier alpha value is -2.89. The number of hydrogen-bond acceptors (Lipinski definition) is 2. The number of H-pyrrole nitrogens is 1. The second kappa shape index (κ2) is 6.78. The Morgan fingerprint density at radius 2 is 2.08 bits per heavy atom. The number of halogens is 2. The van der Waals surface area contributed by atoms with E-state index in [1.54, 1.807) is 6.07 Å². The number of anilines is 1. The van der Waals surface area contributed by atoms with Crippen LogP contribution < -0.4 is 10.2 Å². The Labute approximate surface area is 149 Å². The summed E-state index contributed by atoms with van der Waals surface area (Å²) < 4.78 is 27.0. The number of benzene rings is 2. The standard InChI is InChI=1S/C20H19F2N3O/c21-16-2-4-19(17(22)10-16)25-8-6-13(12-25)11-24-20(26)15-1-3-18-14(9-15)5-7-23-18/h1-5,7,9-10,13,23H,6,8,11-12H2,(H,24,26). The van der Waals surface area contributed by atoms with Gasteiger partial charge in [0.15, 0.2) is 0 Å². The largest absolute Gasteiger partial charge is 0.369 e. The maximum absolute atomic E-state index is 13.9. The molecular formula is C20H19F2N3O. The van der Waals surface area contributed by atoms with E-state index in [0.717, 1.165) is 23.4 Å². The first-order valence-electron chi connectivity index (χ1n) is 8.65. The van der Waals surface area contributed by atoms with Crippen LogP contribution in [0.25, 0.3) is 10.9 Å². The van der Waals surface area contributed by atoms with E-state index < -0.39 is 11.6 Å². The van der Waals surface area contributed by atoms with Crippen LogP contribution in [0.1, 0.15) is 16.8 Å². The molecule has 2 N–H and O–H groups in total. The third-order valence-corrected chi connectivity index (χ3v) is 4.90. The fourth-order valence-electron chi connectivity index (χ4n) is 3.49. The number of carbonyl (C=O) groups excluding carboxylic acids is 1. The molecule has 2 aromatic carbocycles. The predicted molar refractivity (Wildman–Crippen MR) is 97.3 cm³/mol. The fraction of sp³-hybridized carbons (Fsp3) is 0.250. The first-order chi connectivity index (χ1) is 12.6. The molecule has 3 aromatic rings. The lowest BCUT2D eigenvalue weighted by molar-refractivity contribution is 0.0948. The summed E-state index contributed by atoms with van der Waals surface area (Å²) in [5.74, 6) is -0.998. The number of nitrogens with one attached hydrogen (secondary N) is 2. The van der Waals surface area contributed by atoms with Gasteiger partial charge in [0, 0.05) is 48.4 Å². The van der Waals surface area contributed by atoms with Crippen molar-refractivity contribution in [1.82, 2.24) is 10.3 Å². The monoisotopic (exact) mass is 355 g/mol. The smallest absolute Gasteiger partial charge is 0.251 e. The van der Waals surface area contributed by atoms with E-state index in [1.165, 1.54) is 12.1 Å². The van der Waals surface area contributed by atoms with Crippen LogP contribution >= 0.6 is 0 Å². The van der Waals surface area contributed by atoms with Gasteiger partial charge in [0.05, 0.1) is 5.69 Å². The van der Waals surface area contributed by atoms with E-state index in [9.17, 15) is 13.6 Å². The van der Waals surface area contributed by atoms with Crippen molar-refractivity contribution < 1.29 is 13.6 Å². The molecule has 4 nitrogen and oxygen atoms in total. The number of hydrogen-bond donors (Lipinski definition) is 2. The van der Waals surface area contributed by atoms with Crippen LogP contribution in [-0.2, 0) is 0 Å². The second-order valence-corrected chi connectivity index (χ2v) is 6.69. The minimum atomic E-state index is -0.575. The fourth-order valence-corrected chi connectivity index (χ4v) is 3.49. The molecule has 0 bridgehead atoms. The Balaban J connectivity index is 1.35. The zero-order valence-corrected chi connectivity index (χ0v) is 14.1. The highest BCUT2D eigenvalue weighted by Crippen LogP contribution is 2.26. The maximum atomic E-state index is 13.9. The van der Waals surface area contributed by atoms with Crippen LogP contribution in [0, 0.1) is 17.6 Å². The van der Waals surface area contributed by atoms with Gasteiger partial charge in [0.2, 0.25) is 0 Å². The molecule has 2 heterocycles. The van der Waals surface area contributed by atoms with E-state index in [1.807, 2.05) is 29.3 Å². The van der Waals surface area contributed by atoms with Gasteiger partial charge in [-0.3, -0.25) is 4.79 Å². The Morgan fingerprint density at radius 1 is 1.19 bits per heavy atom. The van der Waals surface area contributed by atoms with Crippen molar-refractivity contribution in [3.8, 4) is 0 Å². The molecule has 134 valence electrons. The van der Waals surface area contributed by atoms with E-state index in [-0.39, 0.29) is 11.8 Å². The second-order valence-electron chi connectivity index (χ2n) is 6.69. The van der Waals surface area contributed by atoms with Crippen molar-refractivity contribution in [2.45, 2.75) is 6.42 Å². The normalized spacial score (nSPS) is 17.0. The maximum Gasteiger partial charge on any atom is 0.251 e. The lowest BCUT2D eigenvalue weighted by Gasteiger charge is -2.19. The number of amides is 1. The number of carbonyl (C=O) groups is 1. The molecule has 0 aliphatic carbocycles. The number of nitrogens with zero attached hydrogens (tertiary/aromatic N) is 1. The number of aromatic amines is 1. The zero-order valence-electron chi connectivity index (χ0n) is 14.1. The minimum Gasteiger partial charge on any atom is -0.369 e. The topological polar surface area (TPSA) is 48.1 Å². The molecule has 6 heteroatoms. The van der Waals surface area contributed by atoms with Crippen LogP contribution in [0.2, 0.25) is 0 Å². The molecule has 0 radical (unpaired) electrons. The van der Waals surface area contributed by atoms with Crippen LogP contribution in [0.4, 0.5) is 14.5 Å². The summed E-state index contributed by atoms with van der Waals surface area (Å²) in [6.45, 7) is 1.86. The van der Waals surface area contributed by atoms with Gasteiger partial charge in [0.25, 0.3) is 5.91 Å². The average Bonchev–Trinajstić information content (AvgIpc) is 3.28. The number of rotatable bonds is 4. The molecule has 1 saturated heterocycles. The SMILES string of the molecule is O=C(NCC1CCN(c2ccc(F)cc2F)C1)c1ccc2[nH]ccc2c1. The van der Waals surface area contributed by atoms with Gasteiger partial charge in [-0.05, 0) is 48.7 Å². The van der Waals surface area contributed by atoms with Gasteiger partial charge in [0.1, 0.15) is 11.6 Å². The average molecular weight is 355 g/mol. The molecule has 1 atom stereocenters. The summed E-state index contributed by atoms with van der Waals surface area (Å²) in [6.07, 6.45) is 2.70. The Morgan fingerprint density at radius 3 is 2.92 bits per heavy atom. The van der Waals surface area contributed by atoms with Crippen LogP contribution in [-0.4, -0.2) is 30.5 Å².